The van der Waals surface area contributed by atoms with Gasteiger partial charge in [-0.2, -0.15) is 5.10 Å². The number of carbonyl (C=O) groups excluding carboxylic acids is 1. The van der Waals surface area contributed by atoms with Gasteiger partial charge in [-0.15, -0.1) is 0 Å². The van der Waals surface area contributed by atoms with Crippen LogP contribution in [-0.4, -0.2) is 39.8 Å². The Labute approximate surface area is 125 Å². The van der Waals surface area contributed by atoms with Crippen molar-refractivity contribution in [3.05, 3.63) is 34.1 Å². The number of aromatic amines is 1. The van der Waals surface area contributed by atoms with E-state index in [2.05, 4.69) is 15.2 Å². The summed E-state index contributed by atoms with van der Waals surface area (Å²) in [4.78, 5) is 25.9. The van der Waals surface area contributed by atoms with Gasteiger partial charge in [0.25, 0.3) is 0 Å². The third-order valence-corrected chi connectivity index (χ3v) is 2.78. The maximum atomic E-state index is 11.4. The molecule has 1 heterocycles. The Bertz CT molecular complexity index is 697. The van der Waals surface area contributed by atoms with Crippen molar-refractivity contribution >= 4 is 11.7 Å². The van der Waals surface area contributed by atoms with Crippen molar-refractivity contribution in [2.24, 2.45) is 0 Å². The number of nitrogens with zero attached hydrogens (tertiary/aromatic N) is 3. The molecule has 9 nitrogen and oxygen atoms in total. The summed E-state index contributed by atoms with van der Waals surface area (Å²) in [5.41, 5.74) is 0.391. The number of aromatic nitrogens is 3. The van der Waals surface area contributed by atoms with Gasteiger partial charge in [-0.05, 0) is 19.1 Å². The number of hydrogen-bond acceptors (Lipinski definition) is 7. The number of rotatable bonds is 6. The molecule has 0 saturated carbocycles. The largest absolute Gasteiger partial charge is 0.490 e. The number of H-pyrrole nitrogens is 1. The number of esters is 1. The average Bonchev–Trinajstić information content (AvgIpc) is 2.95. The average molecular weight is 306 g/mol. The van der Waals surface area contributed by atoms with Crippen molar-refractivity contribution in [1.82, 2.24) is 15.2 Å². The zero-order valence-electron chi connectivity index (χ0n) is 12.0. The standard InChI is InChI=1S/C13H14N4O5/c1-3-22-12(18)7-11-14-13(16-15-11)8-4-5-9(17(19)20)10(6-8)21-2/h4-6H,3,7H2,1-2H3,(H,14,15,16). The van der Waals surface area contributed by atoms with Gasteiger partial charge in [0, 0.05) is 11.6 Å². The van der Waals surface area contributed by atoms with Crippen LogP contribution < -0.4 is 4.74 Å². The van der Waals surface area contributed by atoms with E-state index in [4.69, 9.17) is 9.47 Å². The smallest absolute Gasteiger partial charge is 0.313 e. The number of methoxy groups -OCH3 is 1. The van der Waals surface area contributed by atoms with Gasteiger partial charge in [0.1, 0.15) is 12.2 Å². The predicted octanol–water partition coefficient (Wildman–Crippen LogP) is 1.49. The molecule has 2 rings (SSSR count). The van der Waals surface area contributed by atoms with Gasteiger partial charge in [-0.3, -0.25) is 20.0 Å². The van der Waals surface area contributed by atoms with Crippen LogP contribution in [0, 0.1) is 10.1 Å². The van der Waals surface area contributed by atoms with Gasteiger partial charge < -0.3 is 9.47 Å². The summed E-state index contributed by atoms with van der Waals surface area (Å²) in [6.45, 7) is 2.01. The number of nitro benzene ring substituents is 1. The Balaban J connectivity index is 2.24. The summed E-state index contributed by atoms with van der Waals surface area (Å²) in [7, 11) is 1.34. The molecular formula is C13H14N4O5. The van der Waals surface area contributed by atoms with Crippen LogP contribution in [0.15, 0.2) is 18.2 Å². The second-order valence-corrected chi connectivity index (χ2v) is 4.23. The lowest BCUT2D eigenvalue weighted by molar-refractivity contribution is -0.385. The van der Waals surface area contributed by atoms with E-state index < -0.39 is 10.9 Å². The highest BCUT2D eigenvalue weighted by Gasteiger charge is 2.17. The lowest BCUT2D eigenvalue weighted by Crippen LogP contribution is -2.08. The van der Waals surface area contributed by atoms with Crippen LogP contribution in [-0.2, 0) is 16.0 Å². The van der Waals surface area contributed by atoms with Gasteiger partial charge in [0.2, 0.25) is 0 Å². The number of nitro groups is 1. The minimum absolute atomic E-state index is 0.0229. The van der Waals surface area contributed by atoms with Crippen molar-refractivity contribution in [3.8, 4) is 17.1 Å². The molecule has 0 saturated heterocycles. The molecule has 0 atom stereocenters. The first-order valence-electron chi connectivity index (χ1n) is 6.44. The Morgan fingerprint density at radius 2 is 2.23 bits per heavy atom. The van der Waals surface area contributed by atoms with Gasteiger partial charge in [-0.1, -0.05) is 0 Å². The van der Waals surface area contributed by atoms with Crippen molar-refractivity contribution in [3.63, 3.8) is 0 Å². The normalized spacial score (nSPS) is 10.3. The first-order valence-corrected chi connectivity index (χ1v) is 6.44. The van der Waals surface area contributed by atoms with Crippen LogP contribution in [0.3, 0.4) is 0 Å². The van der Waals surface area contributed by atoms with Crippen molar-refractivity contribution in [2.45, 2.75) is 13.3 Å². The molecule has 0 amide bonds. The van der Waals surface area contributed by atoms with Crippen LogP contribution in [0.4, 0.5) is 5.69 Å². The van der Waals surface area contributed by atoms with Gasteiger partial charge in [-0.25, -0.2) is 4.98 Å². The van der Waals surface area contributed by atoms with Crippen molar-refractivity contribution < 1.29 is 19.2 Å². The second-order valence-electron chi connectivity index (χ2n) is 4.23. The first-order chi connectivity index (χ1) is 10.5. The minimum Gasteiger partial charge on any atom is -0.490 e. The minimum atomic E-state index is -0.535. The molecule has 22 heavy (non-hydrogen) atoms. The molecule has 0 bridgehead atoms. The zero-order valence-corrected chi connectivity index (χ0v) is 12.0. The lowest BCUT2D eigenvalue weighted by Gasteiger charge is -2.02. The topological polar surface area (TPSA) is 120 Å². The van der Waals surface area contributed by atoms with Crippen LogP contribution in [0.1, 0.15) is 12.7 Å². The van der Waals surface area contributed by atoms with E-state index in [-0.39, 0.29) is 17.9 Å². The fourth-order valence-corrected chi connectivity index (χ4v) is 1.82. The summed E-state index contributed by atoms with van der Waals surface area (Å²) in [5, 5.41) is 17.5. The van der Waals surface area contributed by atoms with Gasteiger partial charge in [0.05, 0.1) is 18.6 Å². The van der Waals surface area contributed by atoms with Gasteiger partial charge >= 0.3 is 11.7 Å². The quantitative estimate of drug-likeness (QED) is 0.487. The highest BCUT2D eigenvalue weighted by atomic mass is 16.6. The second kappa shape index (κ2) is 6.66. The molecule has 0 aliphatic carbocycles. The molecule has 116 valence electrons. The van der Waals surface area contributed by atoms with E-state index in [1.165, 1.54) is 25.3 Å². The molecule has 0 aliphatic heterocycles. The maximum Gasteiger partial charge on any atom is 0.313 e. The molecule has 2 aromatic rings. The van der Waals surface area contributed by atoms with Crippen molar-refractivity contribution in [1.29, 1.82) is 0 Å². The van der Waals surface area contributed by atoms with Crippen LogP contribution in [0.2, 0.25) is 0 Å². The number of hydrogen-bond donors (Lipinski definition) is 1. The summed E-state index contributed by atoms with van der Waals surface area (Å²) in [6, 6.07) is 4.29. The summed E-state index contributed by atoms with van der Waals surface area (Å²) >= 11 is 0. The Morgan fingerprint density at radius 3 is 2.86 bits per heavy atom. The van der Waals surface area contributed by atoms with E-state index in [9.17, 15) is 14.9 Å². The molecule has 0 radical (unpaired) electrons. The van der Waals surface area contributed by atoms with Crippen LogP contribution >= 0.6 is 0 Å². The van der Waals surface area contributed by atoms with Crippen LogP contribution in [0.5, 0.6) is 5.75 Å². The maximum absolute atomic E-state index is 11.4. The summed E-state index contributed by atoms with van der Waals surface area (Å²) in [6.07, 6.45) is -0.0229. The summed E-state index contributed by atoms with van der Waals surface area (Å²) in [5.74, 6) is 0.365. The molecular weight excluding hydrogens is 292 g/mol. The number of benzene rings is 1. The van der Waals surface area contributed by atoms with E-state index >= 15 is 0 Å². The van der Waals surface area contributed by atoms with Crippen LogP contribution in [0.25, 0.3) is 11.4 Å². The Hall–Kier alpha value is -2.97. The first kappa shape index (κ1) is 15.4. The number of ether oxygens (including phenoxy) is 2. The Morgan fingerprint density at radius 1 is 1.45 bits per heavy atom. The third-order valence-electron chi connectivity index (χ3n) is 2.78. The molecule has 0 fully saturated rings. The van der Waals surface area contributed by atoms with Gasteiger partial charge in [0.15, 0.2) is 11.6 Å². The molecule has 1 aromatic carbocycles. The van der Waals surface area contributed by atoms with E-state index in [1.54, 1.807) is 6.92 Å². The molecule has 0 unspecified atom stereocenters. The van der Waals surface area contributed by atoms with E-state index in [0.29, 0.717) is 23.8 Å². The lowest BCUT2D eigenvalue weighted by atomic mass is 10.2. The monoisotopic (exact) mass is 306 g/mol. The molecule has 0 aliphatic rings. The highest BCUT2D eigenvalue weighted by Crippen LogP contribution is 2.30. The highest BCUT2D eigenvalue weighted by molar-refractivity contribution is 5.71. The molecule has 1 N–H and O–H groups in total. The third kappa shape index (κ3) is 3.37. The zero-order chi connectivity index (χ0) is 16.1. The number of nitrogens with one attached hydrogen (secondary N) is 1. The number of carbonyl (C=O) groups is 1. The molecule has 0 spiro atoms. The Kier molecular flexibility index (Phi) is 4.66. The SMILES string of the molecule is CCOC(=O)Cc1nc(-c2ccc([N+](=O)[O-])c(OC)c2)n[nH]1. The van der Waals surface area contributed by atoms with E-state index in [0.717, 1.165) is 0 Å². The summed E-state index contributed by atoms with van der Waals surface area (Å²) < 4.78 is 9.81. The fraction of sp³-hybridized carbons (Fsp3) is 0.308. The predicted molar refractivity (Wildman–Crippen MR) is 75.4 cm³/mol. The van der Waals surface area contributed by atoms with Crippen molar-refractivity contribution in [2.75, 3.05) is 13.7 Å². The van der Waals surface area contributed by atoms with E-state index in [1.807, 2.05) is 0 Å². The molecule has 9 heteroatoms. The fourth-order valence-electron chi connectivity index (χ4n) is 1.82. The molecule has 1 aromatic heterocycles.